The van der Waals surface area contributed by atoms with Crippen molar-refractivity contribution in [2.45, 2.75) is 43.5 Å². The lowest BCUT2D eigenvalue weighted by Crippen LogP contribution is -2.45. The number of amides is 1. The summed E-state index contributed by atoms with van der Waals surface area (Å²) in [5.41, 5.74) is 0.197. The first-order valence-corrected chi connectivity index (χ1v) is 12.1. The molecule has 1 heterocycles. The van der Waals surface area contributed by atoms with Gasteiger partial charge in [-0.25, -0.2) is 8.42 Å². The fourth-order valence-electron chi connectivity index (χ4n) is 3.25. The maximum absolute atomic E-state index is 13.4. The minimum atomic E-state index is -3.88. The van der Waals surface area contributed by atoms with E-state index in [1.807, 2.05) is 6.92 Å². The minimum Gasteiger partial charge on any atom is -0.395 e. The Morgan fingerprint density at radius 2 is 2.04 bits per heavy atom. The van der Waals surface area contributed by atoms with Gasteiger partial charge in [0.15, 0.2) is 0 Å². The summed E-state index contributed by atoms with van der Waals surface area (Å²) < 4.78 is 28.2. The Bertz CT molecular complexity index is 718. The second-order valence-corrected chi connectivity index (χ2v) is 9.80. The normalized spacial score (nSPS) is 17.9. The summed E-state index contributed by atoms with van der Waals surface area (Å²) in [5, 5.41) is 9.45. The van der Waals surface area contributed by atoms with Crippen molar-refractivity contribution in [1.82, 2.24) is 9.21 Å². The number of nitrogens with zero attached hydrogens (tertiary/aromatic N) is 2. The van der Waals surface area contributed by atoms with Crippen molar-refractivity contribution in [2.24, 2.45) is 0 Å². The molecular weight excluding hydrogens is 384 g/mol. The van der Waals surface area contributed by atoms with Crippen LogP contribution in [0.15, 0.2) is 29.2 Å². The van der Waals surface area contributed by atoms with Crippen LogP contribution in [-0.2, 0) is 10.0 Å². The van der Waals surface area contributed by atoms with Gasteiger partial charge < -0.3 is 10.0 Å². The van der Waals surface area contributed by atoms with Gasteiger partial charge in [-0.2, -0.15) is 16.1 Å². The van der Waals surface area contributed by atoms with Crippen molar-refractivity contribution >= 4 is 27.7 Å². The fraction of sp³-hybridized carbons (Fsp3) is 0.632. The summed E-state index contributed by atoms with van der Waals surface area (Å²) >= 11 is 1.73. The predicted octanol–water partition coefficient (Wildman–Crippen LogP) is 2.44. The fourth-order valence-corrected chi connectivity index (χ4v) is 6.33. The predicted molar refractivity (Wildman–Crippen MR) is 110 cm³/mol. The van der Waals surface area contributed by atoms with Crippen LogP contribution in [0.2, 0.25) is 0 Å². The summed E-state index contributed by atoms with van der Waals surface area (Å²) in [4.78, 5) is 14.5. The molecule has 152 valence electrons. The van der Waals surface area contributed by atoms with Gasteiger partial charge in [-0.3, -0.25) is 4.79 Å². The van der Waals surface area contributed by atoms with Crippen LogP contribution >= 0.6 is 11.8 Å². The van der Waals surface area contributed by atoms with Gasteiger partial charge in [0.25, 0.3) is 5.91 Å². The Kier molecular flexibility index (Phi) is 8.60. The van der Waals surface area contributed by atoms with Gasteiger partial charge in [-0.05, 0) is 37.1 Å². The maximum atomic E-state index is 13.4. The van der Waals surface area contributed by atoms with E-state index in [9.17, 15) is 18.3 Å². The van der Waals surface area contributed by atoms with E-state index in [0.717, 1.165) is 31.4 Å². The quantitative estimate of drug-likeness (QED) is 0.671. The number of benzene rings is 1. The van der Waals surface area contributed by atoms with Gasteiger partial charge in [-0.1, -0.05) is 25.5 Å². The summed E-state index contributed by atoms with van der Waals surface area (Å²) in [6, 6.07) is 6.25. The van der Waals surface area contributed by atoms with Gasteiger partial charge in [0.1, 0.15) is 0 Å². The highest BCUT2D eigenvalue weighted by molar-refractivity contribution is 7.99. The SMILES string of the molecule is CCCCN(C)C(=O)c1ccccc1S(=O)(=O)N(CCO)C1CCCSC1. The average Bonchev–Trinajstić information content (AvgIpc) is 2.70. The second-order valence-electron chi connectivity index (χ2n) is 6.79. The van der Waals surface area contributed by atoms with E-state index in [2.05, 4.69) is 0 Å². The van der Waals surface area contributed by atoms with E-state index < -0.39 is 10.0 Å². The van der Waals surface area contributed by atoms with Gasteiger partial charge in [0.2, 0.25) is 10.0 Å². The third-order valence-corrected chi connectivity index (χ3v) is 7.97. The van der Waals surface area contributed by atoms with Crippen LogP contribution in [0.5, 0.6) is 0 Å². The molecule has 1 aliphatic heterocycles. The van der Waals surface area contributed by atoms with Crippen LogP contribution in [-0.4, -0.2) is 72.9 Å². The lowest BCUT2D eigenvalue weighted by Gasteiger charge is -2.33. The zero-order valence-electron chi connectivity index (χ0n) is 16.1. The number of unbranched alkanes of at least 4 members (excludes halogenated alkanes) is 1. The number of rotatable bonds is 9. The third kappa shape index (κ3) is 5.47. The molecule has 27 heavy (non-hydrogen) atoms. The van der Waals surface area contributed by atoms with Gasteiger partial charge in [-0.15, -0.1) is 0 Å². The Labute approximate surface area is 167 Å². The summed E-state index contributed by atoms with van der Waals surface area (Å²) in [5.74, 6) is 1.46. The number of carbonyl (C=O) groups is 1. The van der Waals surface area contributed by atoms with E-state index in [0.29, 0.717) is 12.3 Å². The molecule has 0 bridgehead atoms. The Morgan fingerprint density at radius 1 is 1.30 bits per heavy atom. The van der Waals surface area contributed by atoms with Gasteiger partial charge in [0, 0.05) is 31.9 Å². The largest absolute Gasteiger partial charge is 0.395 e. The highest BCUT2D eigenvalue weighted by atomic mass is 32.2. The molecule has 1 aromatic rings. The van der Waals surface area contributed by atoms with E-state index in [1.165, 1.54) is 10.4 Å². The molecule has 1 N–H and O–H groups in total. The smallest absolute Gasteiger partial charge is 0.254 e. The Balaban J connectivity index is 2.37. The number of carbonyl (C=O) groups excluding carboxylic acids is 1. The molecule has 1 fully saturated rings. The Hall–Kier alpha value is -1.09. The monoisotopic (exact) mass is 414 g/mol. The Morgan fingerprint density at radius 3 is 2.67 bits per heavy atom. The lowest BCUT2D eigenvalue weighted by molar-refractivity contribution is 0.0789. The van der Waals surface area contributed by atoms with Crippen LogP contribution in [0.3, 0.4) is 0 Å². The molecule has 2 rings (SSSR count). The van der Waals surface area contributed by atoms with Crippen LogP contribution in [0, 0.1) is 0 Å². The van der Waals surface area contributed by atoms with Crippen LogP contribution in [0.1, 0.15) is 43.0 Å². The van der Waals surface area contributed by atoms with Crippen LogP contribution in [0.25, 0.3) is 0 Å². The molecule has 0 saturated carbocycles. The number of aliphatic hydroxyl groups is 1. The molecular formula is C19H30N2O4S2. The van der Waals surface area contributed by atoms with Crippen molar-refractivity contribution in [2.75, 3.05) is 38.2 Å². The van der Waals surface area contributed by atoms with E-state index in [1.54, 1.807) is 41.9 Å². The summed E-state index contributed by atoms with van der Waals surface area (Å²) in [6.45, 7) is 2.43. The summed E-state index contributed by atoms with van der Waals surface area (Å²) in [6.07, 6.45) is 3.56. The number of hydrogen-bond donors (Lipinski definition) is 1. The van der Waals surface area contributed by atoms with E-state index in [4.69, 9.17) is 0 Å². The van der Waals surface area contributed by atoms with Crippen LogP contribution < -0.4 is 0 Å². The number of aliphatic hydroxyl groups excluding tert-OH is 1. The van der Waals surface area contributed by atoms with Crippen molar-refractivity contribution in [1.29, 1.82) is 0 Å². The molecule has 1 atom stereocenters. The van der Waals surface area contributed by atoms with Crippen LogP contribution in [0.4, 0.5) is 0 Å². The topological polar surface area (TPSA) is 77.9 Å². The van der Waals surface area contributed by atoms with Crippen molar-refractivity contribution in [3.8, 4) is 0 Å². The first kappa shape index (κ1) is 22.2. The molecule has 0 aromatic heterocycles. The van der Waals surface area contributed by atoms with Crippen molar-refractivity contribution in [3.05, 3.63) is 29.8 Å². The maximum Gasteiger partial charge on any atom is 0.254 e. The highest BCUT2D eigenvalue weighted by Crippen LogP contribution is 2.28. The number of thioether (sulfide) groups is 1. The highest BCUT2D eigenvalue weighted by Gasteiger charge is 2.34. The minimum absolute atomic E-state index is 0.0300. The standard InChI is InChI=1S/C19H30N2O4S2/c1-3-4-11-20(2)19(23)17-9-5-6-10-18(17)27(24,25)21(12-13-22)16-8-7-14-26-15-16/h5-6,9-10,16,22H,3-4,7-8,11-15H2,1-2H3. The molecule has 0 radical (unpaired) electrons. The van der Waals surface area contributed by atoms with Gasteiger partial charge in [0.05, 0.1) is 17.1 Å². The van der Waals surface area contributed by atoms with E-state index >= 15 is 0 Å². The van der Waals surface area contributed by atoms with Crippen molar-refractivity contribution < 1.29 is 18.3 Å². The molecule has 1 unspecified atom stereocenters. The molecule has 1 aliphatic rings. The van der Waals surface area contributed by atoms with E-state index in [-0.39, 0.29) is 35.6 Å². The molecule has 8 heteroatoms. The molecule has 1 saturated heterocycles. The first-order valence-electron chi connectivity index (χ1n) is 9.48. The molecule has 1 aromatic carbocycles. The van der Waals surface area contributed by atoms with Crippen molar-refractivity contribution in [3.63, 3.8) is 0 Å². The molecule has 6 nitrogen and oxygen atoms in total. The average molecular weight is 415 g/mol. The molecule has 1 amide bonds. The third-order valence-electron chi connectivity index (χ3n) is 4.76. The summed E-state index contributed by atoms with van der Waals surface area (Å²) in [7, 11) is -2.18. The lowest BCUT2D eigenvalue weighted by atomic mass is 10.2. The second kappa shape index (κ2) is 10.5. The van der Waals surface area contributed by atoms with Gasteiger partial charge >= 0.3 is 0 Å². The zero-order valence-corrected chi connectivity index (χ0v) is 17.8. The first-order chi connectivity index (χ1) is 12.9. The molecule has 0 aliphatic carbocycles. The number of sulfonamides is 1. The molecule has 0 spiro atoms. The number of hydrogen-bond acceptors (Lipinski definition) is 5. The zero-order chi connectivity index (χ0) is 19.9.